The number of hydrogen-bond donors (Lipinski definition) is 2. The van der Waals surface area contributed by atoms with Crippen LogP contribution >= 0.6 is 15.9 Å². The van der Waals surface area contributed by atoms with Gasteiger partial charge in [-0.05, 0) is 12.5 Å². The maximum Gasteiger partial charge on any atom is 0.249 e. The summed E-state index contributed by atoms with van der Waals surface area (Å²) in [4.78, 5) is 22.5. The molecule has 6 nitrogen and oxygen atoms in total. The van der Waals surface area contributed by atoms with Gasteiger partial charge >= 0.3 is 0 Å². The topological polar surface area (TPSA) is 84.0 Å². The van der Waals surface area contributed by atoms with E-state index in [0.29, 0.717) is 18.2 Å². The minimum absolute atomic E-state index is 0.220. The van der Waals surface area contributed by atoms with Crippen molar-refractivity contribution >= 4 is 33.4 Å². The first-order valence-electron chi connectivity index (χ1n) is 5.17. The molecule has 1 fully saturated rings. The van der Waals surface area contributed by atoms with Crippen LogP contribution in [-0.4, -0.2) is 28.1 Å². The van der Waals surface area contributed by atoms with Crippen molar-refractivity contribution in [3.05, 3.63) is 18.0 Å². The Labute approximate surface area is 106 Å². The van der Waals surface area contributed by atoms with Crippen LogP contribution in [0.3, 0.4) is 0 Å². The zero-order valence-corrected chi connectivity index (χ0v) is 10.5. The molecule has 2 rings (SSSR count). The number of nitrogens with zero attached hydrogens (tertiary/aromatic N) is 2. The van der Waals surface area contributed by atoms with Gasteiger partial charge in [-0.3, -0.25) is 14.9 Å². The number of anilines is 1. The molecule has 0 spiro atoms. The van der Waals surface area contributed by atoms with E-state index in [-0.39, 0.29) is 17.9 Å². The van der Waals surface area contributed by atoms with Gasteiger partial charge in [0, 0.05) is 11.8 Å². The summed E-state index contributed by atoms with van der Waals surface area (Å²) >= 11 is 3.28. The lowest BCUT2D eigenvalue weighted by molar-refractivity contribution is -0.133. The summed E-state index contributed by atoms with van der Waals surface area (Å²) in [6, 6.07) is 1.42. The highest BCUT2D eigenvalue weighted by atomic mass is 79.9. The average molecular weight is 299 g/mol. The molecule has 0 saturated carbocycles. The number of amides is 2. The number of imide groups is 1. The van der Waals surface area contributed by atoms with Gasteiger partial charge in [0.1, 0.15) is 6.04 Å². The minimum atomic E-state index is -0.389. The van der Waals surface area contributed by atoms with E-state index in [1.807, 2.05) is 6.07 Å². The van der Waals surface area contributed by atoms with E-state index in [2.05, 4.69) is 36.8 Å². The molecular weight excluding hydrogens is 288 g/mol. The molecule has 0 aromatic carbocycles. The first-order valence-corrected chi connectivity index (χ1v) is 6.29. The second kappa shape index (κ2) is 5.22. The molecule has 0 aliphatic carbocycles. The van der Waals surface area contributed by atoms with E-state index in [9.17, 15) is 9.59 Å². The summed E-state index contributed by atoms with van der Waals surface area (Å²) in [5, 5.41) is 13.6. The van der Waals surface area contributed by atoms with E-state index >= 15 is 0 Å². The predicted molar refractivity (Wildman–Crippen MR) is 64.5 cm³/mol. The highest BCUT2D eigenvalue weighted by molar-refractivity contribution is 9.08. The number of aromatic nitrogens is 2. The Morgan fingerprint density at radius 3 is 3.06 bits per heavy atom. The number of carbonyl (C=O) groups excluding carboxylic acids is 2. The molecule has 1 aliphatic heterocycles. The second-order valence-electron chi connectivity index (χ2n) is 3.72. The number of nitrogens with one attached hydrogen (secondary N) is 2. The molecule has 1 aromatic rings. The van der Waals surface area contributed by atoms with Gasteiger partial charge in [0.2, 0.25) is 11.8 Å². The molecule has 1 aromatic heterocycles. The van der Waals surface area contributed by atoms with Crippen molar-refractivity contribution in [2.45, 2.75) is 24.2 Å². The molecule has 2 amide bonds. The molecule has 7 heteroatoms. The molecule has 90 valence electrons. The van der Waals surface area contributed by atoms with Gasteiger partial charge < -0.3 is 5.32 Å². The largest absolute Gasteiger partial charge is 0.372 e. The van der Waals surface area contributed by atoms with E-state index in [4.69, 9.17) is 0 Å². The Morgan fingerprint density at radius 1 is 1.53 bits per heavy atom. The van der Waals surface area contributed by atoms with E-state index in [0.717, 1.165) is 11.4 Å². The fraction of sp³-hybridized carbons (Fsp3) is 0.400. The lowest BCUT2D eigenvalue weighted by atomic mass is 10.1. The van der Waals surface area contributed by atoms with Gasteiger partial charge in [0.25, 0.3) is 0 Å². The summed E-state index contributed by atoms with van der Waals surface area (Å²) in [6.07, 6.45) is 2.40. The van der Waals surface area contributed by atoms with Crippen molar-refractivity contribution in [3.8, 4) is 0 Å². The third kappa shape index (κ3) is 3.00. The Hall–Kier alpha value is -1.50. The normalized spacial score (nSPS) is 19.9. The van der Waals surface area contributed by atoms with Crippen LogP contribution in [0.4, 0.5) is 5.69 Å². The van der Waals surface area contributed by atoms with Gasteiger partial charge in [-0.25, -0.2) is 0 Å². The highest BCUT2D eigenvalue weighted by Crippen LogP contribution is 2.14. The molecule has 0 bridgehead atoms. The standard InChI is InChI=1S/C10H11BrN4O2/c11-4-6-3-7(5-12-15-6)13-8-1-2-9(16)14-10(8)17/h3,5,8H,1-2,4H2,(H,13,15)(H,14,16,17). The summed E-state index contributed by atoms with van der Waals surface area (Å²) in [5.41, 5.74) is 1.51. The first-order chi connectivity index (χ1) is 8.19. The Bertz CT molecular complexity index is 452. The van der Waals surface area contributed by atoms with Crippen molar-refractivity contribution in [2.24, 2.45) is 0 Å². The summed E-state index contributed by atoms with van der Waals surface area (Å²) in [7, 11) is 0. The number of hydrogen-bond acceptors (Lipinski definition) is 5. The summed E-state index contributed by atoms with van der Waals surface area (Å²) in [6.45, 7) is 0. The highest BCUT2D eigenvalue weighted by Gasteiger charge is 2.26. The Kier molecular flexibility index (Phi) is 3.68. The molecule has 1 unspecified atom stereocenters. The number of rotatable bonds is 3. The van der Waals surface area contributed by atoms with Crippen LogP contribution in [0.15, 0.2) is 12.3 Å². The SMILES string of the molecule is O=C1CCC(Nc2cnnc(CBr)c2)C(=O)N1. The zero-order chi connectivity index (χ0) is 12.3. The van der Waals surface area contributed by atoms with Crippen molar-refractivity contribution in [2.75, 3.05) is 5.32 Å². The maximum atomic E-state index is 11.5. The van der Waals surface area contributed by atoms with Gasteiger partial charge in [-0.2, -0.15) is 10.2 Å². The van der Waals surface area contributed by atoms with Gasteiger partial charge in [-0.1, -0.05) is 15.9 Å². The van der Waals surface area contributed by atoms with Crippen LogP contribution in [0.5, 0.6) is 0 Å². The molecular formula is C10H11BrN4O2. The predicted octanol–water partition coefficient (Wildman–Crippen LogP) is 0.589. The molecule has 2 N–H and O–H groups in total. The lowest BCUT2D eigenvalue weighted by Gasteiger charge is -2.22. The minimum Gasteiger partial charge on any atom is -0.372 e. The van der Waals surface area contributed by atoms with E-state index in [1.54, 1.807) is 6.20 Å². The van der Waals surface area contributed by atoms with Gasteiger partial charge in [0.15, 0.2) is 0 Å². The second-order valence-corrected chi connectivity index (χ2v) is 4.28. The van der Waals surface area contributed by atoms with Gasteiger partial charge in [0.05, 0.1) is 17.6 Å². The monoisotopic (exact) mass is 298 g/mol. The molecule has 1 saturated heterocycles. The number of halogens is 1. The summed E-state index contributed by atoms with van der Waals surface area (Å²) in [5.74, 6) is -0.513. The van der Waals surface area contributed by atoms with Crippen molar-refractivity contribution in [1.82, 2.24) is 15.5 Å². The van der Waals surface area contributed by atoms with Crippen LogP contribution < -0.4 is 10.6 Å². The van der Waals surface area contributed by atoms with Crippen LogP contribution in [0, 0.1) is 0 Å². The first kappa shape index (κ1) is 12.0. The summed E-state index contributed by atoms with van der Waals surface area (Å²) < 4.78 is 0. The smallest absolute Gasteiger partial charge is 0.249 e. The Morgan fingerprint density at radius 2 is 2.35 bits per heavy atom. The molecule has 0 radical (unpaired) electrons. The molecule has 17 heavy (non-hydrogen) atoms. The fourth-order valence-corrected chi connectivity index (χ4v) is 1.86. The third-order valence-electron chi connectivity index (χ3n) is 2.42. The van der Waals surface area contributed by atoms with Crippen molar-refractivity contribution in [3.63, 3.8) is 0 Å². The Balaban J connectivity index is 2.05. The molecule has 1 atom stereocenters. The fourth-order valence-electron chi connectivity index (χ4n) is 1.59. The van der Waals surface area contributed by atoms with Crippen LogP contribution in [0.2, 0.25) is 0 Å². The van der Waals surface area contributed by atoms with E-state index in [1.165, 1.54) is 0 Å². The van der Waals surface area contributed by atoms with Crippen molar-refractivity contribution in [1.29, 1.82) is 0 Å². The van der Waals surface area contributed by atoms with Crippen LogP contribution in [0.1, 0.15) is 18.5 Å². The number of alkyl halides is 1. The van der Waals surface area contributed by atoms with Crippen molar-refractivity contribution < 1.29 is 9.59 Å². The van der Waals surface area contributed by atoms with E-state index < -0.39 is 0 Å². The average Bonchev–Trinajstić information content (AvgIpc) is 2.33. The van der Waals surface area contributed by atoms with Crippen LogP contribution in [0.25, 0.3) is 0 Å². The third-order valence-corrected chi connectivity index (χ3v) is 3.00. The maximum absolute atomic E-state index is 11.5. The zero-order valence-electron chi connectivity index (χ0n) is 8.94. The molecule has 1 aliphatic rings. The quantitative estimate of drug-likeness (QED) is 0.630. The number of piperidine rings is 1. The lowest BCUT2D eigenvalue weighted by Crippen LogP contribution is -2.47. The van der Waals surface area contributed by atoms with Gasteiger partial charge in [-0.15, -0.1) is 0 Å². The molecule has 2 heterocycles. The van der Waals surface area contributed by atoms with Crippen LogP contribution in [-0.2, 0) is 14.9 Å². The number of carbonyl (C=O) groups is 2.